The Labute approximate surface area is 122 Å². The standard InChI is InChI=1S/C15H24N2O2S/c1-2-17(15(13-16)10-6-7-11-15)20(18,19)12-14-8-4-3-5-9-14/h3-5,8-9H,2,6-7,10-13,16H2,1H3. The number of nitrogens with zero attached hydrogens (tertiary/aromatic N) is 1. The molecule has 0 aromatic heterocycles. The van der Waals surface area contributed by atoms with E-state index in [2.05, 4.69) is 0 Å². The molecule has 1 aliphatic carbocycles. The van der Waals surface area contributed by atoms with E-state index in [1.54, 1.807) is 4.31 Å². The summed E-state index contributed by atoms with van der Waals surface area (Å²) in [7, 11) is -3.33. The quantitative estimate of drug-likeness (QED) is 0.874. The summed E-state index contributed by atoms with van der Waals surface area (Å²) in [6.07, 6.45) is 3.89. The molecule has 0 amide bonds. The molecule has 5 heteroatoms. The van der Waals surface area contributed by atoms with Crippen molar-refractivity contribution in [3.63, 3.8) is 0 Å². The van der Waals surface area contributed by atoms with Crippen LogP contribution in [0.15, 0.2) is 30.3 Å². The first kappa shape index (κ1) is 15.5. The summed E-state index contributed by atoms with van der Waals surface area (Å²) in [6, 6.07) is 9.35. The van der Waals surface area contributed by atoms with E-state index in [0.29, 0.717) is 13.1 Å². The van der Waals surface area contributed by atoms with Gasteiger partial charge in [-0.3, -0.25) is 0 Å². The van der Waals surface area contributed by atoms with Crippen LogP contribution < -0.4 is 5.73 Å². The van der Waals surface area contributed by atoms with E-state index in [0.717, 1.165) is 31.2 Å². The highest BCUT2D eigenvalue weighted by atomic mass is 32.2. The Morgan fingerprint density at radius 3 is 2.30 bits per heavy atom. The Hall–Kier alpha value is -0.910. The van der Waals surface area contributed by atoms with Crippen molar-refractivity contribution in [2.75, 3.05) is 13.1 Å². The summed E-state index contributed by atoms with van der Waals surface area (Å²) >= 11 is 0. The molecule has 1 aromatic carbocycles. The zero-order chi connectivity index (χ0) is 14.6. The number of hydrogen-bond donors (Lipinski definition) is 1. The molecular formula is C15H24N2O2S. The number of rotatable bonds is 6. The summed E-state index contributed by atoms with van der Waals surface area (Å²) in [4.78, 5) is 0. The molecule has 0 heterocycles. The van der Waals surface area contributed by atoms with Gasteiger partial charge >= 0.3 is 0 Å². The molecule has 0 radical (unpaired) electrons. The van der Waals surface area contributed by atoms with Crippen LogP contribution in [0, 0.1) is 0 Å². The number of nitrogens with two attached hydrogens (primary N) is 1. The summed E-state index contributed by atoms with van der Waals surface area (Å²) < 4.78 is 27.2. The average Bonchev–Trinajstić information content (AvgIpc) is 2.89. The van der Waals surface area contributed by atoms with Gasteiger partial charge in [-0.05, 0) is 18.4 Å². The van der Waals surface area contributed by atoms with E-state index in [1.165, 1.54) is 0 Å². The molecular weight excluding hydrogens is 272 g/mol. The Bertz CT molecular complexity index is 522. The van der Waals surface area contributed by atoms with E-state index in [4.69, 9.17) is 5.73 Å². The van der Waals surface area contributed by atoms with E-state index in [9.17, 15) is 8.42 Å². The van der Waals surface area contributed by atoms with E-state index >= 15 is 0 Å². The van der Waals surface area contributed by atoms with Crippen molar-refractivity contribution in [1.29, 1.82) is 0 Å². The van der Waals surface area contributed by atoms with Crippen molar-refractivity contribution in [1.82, 2.24) is 4.31 Å². The molecule has 0 aliphatic heterocycles. The van der Waals surface area contributed by atoms with Crippen molar-refractivity contribution in [2.24, 2.45) is 5.73 Å². The molecule has 2 rings (SSSR count). The van der Waals surface area contributed by atoms with Gasteiger partial charge in [0.25, 0.3) is 0 Å². The summed E-state index contributed by atoms with van der Waals surface area (Å²) in [6.45, 7) is 2.81. The van der Waals surface area contributed by atoms with Crippen LogP contribution >= 0.6 is 0 Å². The van der Waals surface area contributed by atoms with E-state index < -0.39 is 10.0 Å². The maximum absolute atomic E-state index is 12.8. The van der Waals surface area contributed by atoms with Gasteiger partial charge in [0.2, 0.25) is 10.0 Å². The topological polar surface area (TPSA) is 63.4 Å². The highest BCUT2D eigenvalue weighted by molar-refractivity contribution is 7.88. The largest absolute Gasteiger partial charge is 0.329 e. The molecule has 1 aliphatic rings. The van der Waals surface area contributed by atoms with Gasteiger partial charge in [0.15, 0.2) is 0 Å². The molecule has 0 saturated heterocycles. The first-order chi connectivity index (χ1) is 9.54. The first-order valence-corrected chi connectivity index (χ1v) is 8.89. The minimum absolute atomic E-state index is 0.0590. The fraction of sp³-hybridized carbons (Fsp3) is 0.600. The zero-order valence-corrected chi connectivity index (χ0v) is 12.9. The fourth-order valence-corrected chi connectivity index (χ4v) is 5.29. The number of hydrogen-bond acceptors (Lipinski definition) is 3. The third-order valence-electron chi connectivity index (χ3n) is 4.26. The molecule has 112 valence electrons. The van der Waals surface area contributed by atoms with Crippen molar-refractivity contribution in [3.8, 4) is 0 Å². The molecule has 1 fully saturated rings. The van der Waals surface area contributed by atoms with Crippen LogP contribution in [0.4, 0.5) is 0 Å². The normalized spacial score (nSPS) is 18.6. The lowest BCUT2D eigenvalue weighted by Gasteiger charge is -2.39. The Morgan fingerprint density at radius 1 is 1.20 bits per heavy atom. The fourth-order valence-electron chi connectivity index (χ4n) is 3.28. The second kappa shape index (κ2) is 6.24. The van der Waals surface area contributed by atoms with Gasteiger partial charge < -0.3 is 5.73 Å². The lowest BCUT2D eigenvalue weighted by atomic mass is 9.98. The van der Waals surface area contributed by atoms with E-state index in [1.807, 2.05) is 37.3 Å². The van der Waals surface area contributed by atoms with Crippen LogP contribution in [-0.2, 0) is 15.8 Å². The minimum atomic E-state index is -3.33. The highest BCUT2D eigenvalue weighted by Gasteiger charge is 2.43. The molecule has 0 unspecified atom stereocenters. The first-order valence-electron chi connectivity index (χ1n) is 7.28. The second-order valence-corrected chi connectivity index (χ2v) is 7.44. The van der Waals surface area contributed by atoms with Gasteiger partial charge in [-0.2, -0.15) is 4.31 Å². The average molecular weight is 296 g/mol. The lowest BCUT2D eigenvalue weighted by molar-refractivity contribution is 0.204. The molecule has 2 N–H and O–H groups in total. The smallest absolute Gasteiger partial charge is 0.218 e. The SMILES string of the molecule is CCN(C1(CN)CCCC1)S(=O)(=O)Cc1ccccc1. The van der Waals surface area contributed by atoms with Gasteiger partial charge in [0, 0.05) is 18.6 Å². The van der Waals surface area contributed by atoms with Crippen LogP contribution in [0.1, 0.15) is 38.2 Å². The van der Waals surface area contributed by atoms with Gasteiger partial charge in [-0.1, -0.05) is 50.1 Å². The predicted octanol–water partition coefficient (Wildman–Crippen LogP) is 2.11. The summed E-state index contributed by atoms with van der Waals surface area (Å²) in [5.74, 6) is 0.0590. The van der Waals surface area contributed by atoms with Crippen molar-refractivity contribution >= 4 is 10.0 Å². The number of likely N-dealkylation sites (N-methyl/N-ethyl adjacent to an activating group) is 1. The molecule has 0 bridgehead atoms. The molecule has 4 nitrogen and oxygen atoms in total. The maximum Gasteiger partial charge on any atom is 0.218 e. The second-order valence-electron chi connectivity index (χ2n) is 5.54. The molecule has 1 saturated carbocycles. The van der Waals surface area contributed by atoms with Gasteiger partial charge in [0.05, 0.1) is 5.75 Å². The predicted molar refractivity (Wildman–Crippen MR) is 81.7 cm³/mol. The Kier molecular flexibility index (Phi) is 4.83. The van der Waals surface area contributed by atoms with Crippen molar-refractivity contribution in [2.45, 2.75) is 43.9 Å². The van der Waals surface area contributed by atoms with Crippen molar-refractivity contribution in [3.05, 3.63) is 35.9 Å². The third-order valence-corrected chi connectivity index (χ3v) is 6.27. The minimum Gasteiger partial charge on any atom is -0.329 e. The molecule has 1 aromatic rings. The number of benzene rings is 1. The summed E-state index contributed by atoms with van der Waals surface area (Å²) in [5.41, 5.74) is 6.40. The van der Waals surface area contributed by atoms with Crippen LogP contribution in [-0.4, -0.2) is 31.4 Å². The Balaban J connectivity index is 2.25. The third kappa shape index (κ3) is 3.05. The zero-order valence-electron chi connectivity index (χ0n) is 12.1. The van der Waals surface area contributed by atoms with Gasteiger partial charge in [0.1, 0.15) is 0 Å². The van der Waals surface area contributed by atoms with Crippen LogP contribution in [0.25, 0.3) is 0 Å². The van der Waals surface area contributed by atoms with Gasteiger partial charge in [-0.25, -0.2) is 8.42 Å². The highest BCUT2D eigenvalue weighted by Crippen LogP contribution is 2.36. The van der Waals surface area contributed by atoms with Crippen LogP contribution in [0.5, 0.6) is 0 Å². The maximum atomic E-state index is 12.8. The molecule has 0 atom stereocenters. The lowest BCUT2D eigenvalue weighted by Crippen LogP contribution is -2.54. The van der Waals surface area contributed by atoms with E-state index in [-0.39, 0.29) is 11.3 Å². The monoisotopic (exact) mass is 296 g/mol. The molecule has 20 heavy (non-hydrogen) atoms. The number of sulfonamides is 1. The van der Waals surface area contributed by atoms with Crippen LogP contribution in [0.3, 0.4) is 0 Å². The van der Waals surface area contributed by atoms with Crippen LogP contribution in [0.2, 0.25) is 0 Å². The van der Waals surface area contributed by atoms with Gasteiger partial charge in [-0.15, -0.1) is 0 Å². The van der Waals surface area contributed by atoms with Crippen molar-refractivity contribution < 1.29 is 8.42 Å². The molecule has 0 spiro atoms. The summed E-state index contributed by atoms with van der Waals surface area (Å²) in [5, 5.41) is 0. The Morgan fingerprint density at radius 2 is 1.80 bits per heavy atom.